The monoisotopic (exact) mass is 672 g/mol. The summed E-state index contributed by atoms with van der Waals surface area (Å²) in [6, 6.07) is 18.8. The van der Waals surface area contributed by atoms with Gasteiger partial charge in [-0.2, -0.15) is 0 Å². The number of aromatic nitrogens is 2. The molecule has 0 saturated heterocycles. The van der Waals surface area contributed by atoms with Crippen molar-refractivity contribution in [3.63, 3.8) is 0 Å². The average Bonchev–Trinajstić information content (AvgIpc) is 3.62. The number of nitrogens with zero attached hydrogens (tertiary/aromatic N) is 1. The Morgan fingerprint density at radius 2 is 1.59 bits per heavy atom. The SMILES string of the molecule is [2H]N(C(=O)OCc1ccccc1)[C@@H](Cc1ccc2ccccc2c1)C(=O)N[C@@H](Cc1cnc[nH]1)C(=O)N[C@@H](CC(C)C)[C@@H](O)CC(=O)OCC. The van der Waals surface area contributed by atoms with Gasteiger partial charge in [-0.25, -0.2) is 9.78 Å². The van der Waals surface area contributed by atoms with E-state index in [-0.39, 0.29) is 38.4 Å². The van der Waals surface area contributed by atoms with Crippen molar-refractivity contribution in [1.29, 1.82) is 0 Å². The molecular formula is C37H45N5O7. The molecule has 0 aliphatic carbocycles. The van der Waals surface area contributed by atoms with E-state index >= 15 is 0 Å². The zero-order chi connectivity index (χ0) is 36.0. The molecule has 3 aromatic carbocycles. The van der Waals surface area contributed by atoms with Crippen LogP contribution in [0, 0.1) is 5.92 Å². The van der Waals surface area contributed by atoms with Gasteiger partial charge in [-0.3, -0.25) is 14.4 Å². The summed E-state index contributed by atoms with van der Waals surface area (Å²) in [4.78, 5) is 60.2. The van der Waals surface area contributed by atoms with E-state index < -0.39 is 48.1 Å². The minimum absolute atomic E-state index is 0.0148. The molecule has 12 heteroatoms. The predicted molar refractivity (Wildman–Crippen MR) is 184 cm³/mol. The van der Waals surface area contributed by atoms with Gasteiger partial charge in [0.05, 0.1) is 31.5 Å². The number of esters is 1. The quantitative estimate of drug-likeness (QED) is 0.105. The van der Waals surface area contributed by atoms with Gasteiger partial charge in [0.15, 0.2) is 1.41 Å². The third-order valence-electron chi connectivity index (χ3n) is 7.82. The zero-order valence-electron chi connectivity index (χ0n) is 29.0. The lowest BCUT2D eigenvalue weighted by atomic mass is 9.96. The Morgan fingerprint density at radius 1 is 0.878 bits per heavy atom. The highest BCUT2D eigenvalue weighted by atomic mass is 16.5. The van der Waals surface area contributed by atoms with E-state index in [1.807, 2.05) is 62.4 Å². The van der Waals surface area contributed by atoms with Crippen LogP contribution in [0.25, 0.3) is 10.8 Å². The Labute approximate surface area is 287 Å². The van der Waals surface area contributed by atoms with E-state index in [0.29, 0.717) is 28.6 Å². The molecule has 1 aromatic heterocycles. The second kappa shape index (κ2) is 18.3. The van der Waals surface area contributed by atoms with Crippen LogP contribution >= 0.6 is 0 Å². The van der Waals surface area contributed by atoms with Crippen LogP contribution in [0.5, 0.6) is 0 Å². The second-order valence-corrected chi connectivity index (χ2v) is 12.2. The largest absolute Gasteiger partial charge is 0.466 e. The molecule has 0 spiro atoms. The molecule has 0 aliphatic rings. The molecule has 0 unspecified atom stereocenters. The highest BCUT2D eigenvalue weighted by molar-refractivity contribution is 5.92. The van der Waals surface area contributed by atoms with Gasteiger partial charge in [-0.05, 0) is 41.2 Å². The van der Waals surface area contributed by atoms with Gasteiger partial charge in [0.1, 0.15) is 18.7 Å². The Morgan fingerprint density at radius 3 is 2.29 bits per heavy atom. The van der Waals surface area contributed by atoms with Crippen LogP contribution in [0.15, 0.2) is 85.3 Å². The van der Waals surface area contributed by atoms with Crippen LogP contribution < -0.4 is 15.9 Å². The van der Waals surface area contributed by atoms with Gasteiger partial charge in [-0.15, -0.1) is 0 Å². The number of H-pyrrole nitrogens is 1. The van der Waals surface area contributed by atoms with Crippen molar-refractivity contribution in [3.05, 3.63) is 102 Å². The van der Waals surface area contributed by atoms with Crippen LogP contribution in [0.2, 0.25) is 1.41 Å². The molecule has 0 radical (unpaired) electrons. The van der Waals surface area contributed by atoms with Gasteiger partial charge < -0.3 is 35.5 Å². The second-order valence-electron chi connectivity index (χ2n) is 12.2. The maximum absolute atomic E-state index is 14.1. The summed E-state index contributed by atoms with van der Waals surface area (Å²) in [6.45, 7) is 5.54. The molecule has 1 heterocycles. The third-order valence-corrected chi connectivity index (χ3v) is 7.82. The first-order chi connectivity index (χ1) is 24.0. The molecule has 4 aromatic rings. The van der Waals surface area contributed by atoms with Crippen LogP contribution in [0.1, 0.15) is 50.4 Å². The smallest absolute Gasteiger partial charge is 0.408 e. The van der Waals surface area contributed by atoms with Crippen LogP contribution in [-0.2, 0) is 43.3 Å². The summed E-state index contributed by atoms with van der Waals surface area (Å²) in [6.07, 6.45) is 0.624. The van der Waals surface area contributed by atoms with Gasteiger partial charge in [0, 0.05) is 24.7 Å². The molecule has 4 rings (SSSR count). The molecule has 260 valence electrons. The number of aromatic amines is 1. The normalized spacial score (nSPS) is 13.9. The number of aliphatic hydroxyl groups excluding tert-OH is 1. The van der Waals surface area contributed by atoms with Gasteiger partial charge >= 0.3 is 12.1 Å². The number of carbonyl (C=O) groups is 4. The van der Waals surface area contributed by atoms with E-state index in [2.05, 4.69) is 20.6 Å². The molecule has 4 atom stereocenters. The molecular weight excluding hydrogens is 626 g/mol. The lowest BCUT2D eigenvalue weighted by Gasteiger charge is -2.28. The Hall–Kier alpha value is -5.23. The summed E-state index contributed by atoms with van der Waals surface area (Å²) >= 11 is 0. The maximum Gasteiger partial charge on any atom is 0.408 e. The molecule has 0 aliphatic heterocycles. The fraction of sp³-hybridized carbons (Fsp3) is 0.378. The number of alkyl carbamates (subject to hydrolysis) is 1. The predicted octanol–water partition coefficient (Wildman–Crippen LogP) is 3.97. The molecule has 49 heavy (non-hydrogen) atoms. The fourth-order valence-electron chi connectivity index (χ4n) is 5.40. The van der Waals surface area contributed by atoms with Crippen molar-refractivity contribution >= 4 is 34.6 Å². The van der Waals surface area contributed by atoms with Crippen LogP contribution in [0.3, 0.4) is 0 Å². The number of benzene rings is 3. The number of hydrogen-bond acceptors (Lipinski definition) is 8. The molecule has 3 amide bonds. The van der Waals surface area contributed by atoms with E-state index in [4.69, 9.17) is 10.9 Å². The van der Waals surface area contributed by atoms with Crippen LogP contribution in [-0.4, -0.2) is 69.8 Å². The lowest BCUT2D eigenvalue weighted by molar-refractivity contribution is -0.146. The minimum atomic E-state index is -1.39. The number of ether oxygens (including phenoxy) is 2. The van der Waals surface area contributed by atoms with Crippen molar-refractivity contribution in [1.82, 2.24) is 25.9 Å². The molecule has 0 fully saturated rings. The first kappa shape index (κ1) is 35.1. The fourth-order valence-corrected chi connectivity index (χ4v) is 5.40. The molecule has 0 saturated carbocycles. The summed E-state index contributed by atoms with van der Waals surface area (Å²) in [5.74, 6) is -1.95. The average molecular weight is 673 g/mol. The number of aliphatic hydroxyl groups is 1. The number of imidazole rings is 1. The summed E-state index contributed by atoms with van der Waals surface area (Å²) in [5, 5.41) is 18.9. The third kappa shape index (κ3) is 11.8. The number of fused-ring (bicyclic) bond motifs is 1. The summed E-state index contributed by atoms with van der Waals surface area (Å²) in [7, 11) is 0. The van der Waals surface area contributed by atoms with E-state index in [1.165, 1.54) is 12.5 Å². The van der Waals surface area contributed by atoms with Crippen molar-refractivity contribution < 1.29 is 35.2 Å². The summed E-state index contributed by atoms with van der Waals surface area (Å²) in [5.41, 5.74) is 1.93. The van der Waals surface area contributed by atoms with Crippen molar-refractivity contribution in [3.8, 4) is 0 Å². The molecule has 0 bridgehead atoms. The van der Waals surface area contributed by atoms with E-state index in [1.54, 1.807) is 31.2 Å². The van der Waals surface area contributed by atoms with Crippen LogP contribution in [0.4, 0.5) is 4.79 Å². The topological polar surface area (TPSA) is 172 Å². The maximum atomic E-state index is 14.1. The summed E-state index contributed by atoms with van der Waals surface area (Å²) < 4.78 is 19.1. The molecule has 12 nitrogen and oxygen atoms in total. The Bertz CT molecular complexity index is 1700. The van der Waals surface area contributed by atoms with E-state index in [9.17, 15) is 24.3 Å². The first-order valence-corrected chi connectivity index (χ1v) is 16.4. The van der Waals surface area contributed by atoms with Gasteiger partial charge in [0.25, 0.3) is 0 Å². The molecule has 5 N–H and O–H groups in total. The Kier molecular flexibility index (Phi) is 13.1. The van der Waals surface area contributed by atoms with E-state index in [0.717, 1.165) is 10.8 Å². The van der Waals surface area contributed by atoms with Crippen molar-refractivity contribution in [2.45, 2.75) is 77.3 Å². The lowest BCUT2D eigenvalue weighted by Crippen LogP contribution is -2.57. The number of rotatable bonds is 17. The number of carbonyl (C=O) groups excluding carboxylic acids is 4. The van der Waals surface area contributed by atoms with Crippen molar-refractivity contribution in [2.24, 2.45) is 5.92 Å². The first-order valence-electron chi connectivity index (χ1n) is 16.9. The highest BCUT2D eigenvalue weighted by Gasteiger charge is 2.32. The Balaban J connectivity index is 1.59. The highest BCUT2D eigenvalue weighted by Crippen LogP contribution is 2.18. The zero-order valence-corrected chi connectivity index (χ0v) is 28.0. The van der Waals surface area contributed by atoms with Gasteiger partial charge in [-0.1, -0.05) is 86.6 Å². The number of amides is 3. The van der Waals surface area contributed by atoms with Crippen molar-refractivity contribution in [2.75, 3.05) is 6.61 Å². The number of nitrogens with one attached hydrogen (secondary N) is 4. The number of hydrogen-bond donors (Lipinski definition) is 5. The van der Waals surface area contributed by atoms with Gasteiger partial charge in [0.2, 0.25) is 11.8 Å². The standard InChI is InChI=1S/C37H45N5O7/c1-4-48-34(44)20-33(43)30(16-24(2)3)40-36(46)32(19-29-21-38-23-39-29)41-35(45)31(42-37(47)49-22-25-10-6-5-7-11-25)18-26-14-15-27-12-8-9-13-28(27)17-26/h5-15,17,21,23-24,30-33,43H,4,16,18-20,22H2,1-3H3,(H,38,39)(H,40,46)(H,41,45)(H,42,47)/t30-,31-,32-,33-/m0/s1/i/hD. The minimum Gasteiger partial charge on any atom is -0.466 e.